The first kappa shape index (κ1) is 14.3. The van der Waals surface area contributed by atoms with E-state index in [1.807, 2.05) is 43.3 Å². The van der Waals surface area contributed by atoms with Crippen LogP contribution in [0.2, 0.25) is 0 Å². The van der Waals surface area contributed by atoms with Gasteiger partial charge in [-0.2, -0.15) is 0 Å². The third kappa shape index (κ3) is 3.71. The molecule has 4 heteroatoms. The molecule has 0 bridgehead atoms. The molecule has 2 rings (SSSR count). The van der Waals surface area contributed by atoms with E-state index < -0.39 is 0 Å². The summed E-state index contributed by atoms with van der Waals surface area (Å²) in [4.78, 5) is 4.32. The Hall–Kier alpha value is -2.07. The van der Waals surface area contributed by atoms with Crippen molar-refractivity contribution in [2.45, 2.75) is 26.0 Å². The molecular formula is C16H20N2O2. The number of nitrogens with two attached hydrogens (primary N) is 1. The van der Waals surface area contributed by atoms with E-state index in [0.29, 0.717) is 6.61 Å². The molecule has 0 fully saturated rings. The molecular weight excluding hydrogens is 252 g/mol. The summed E-state index contributed by atoms with van der Waals surface area (Å²) in [6.07, 6.45) is 2.59. The molecule has 0 spiro atoms. The monoisotopic (exact) mass is 272 g/mol. The van der Waals surface area contributed by atoms with Gasteiger partial charge in [0.2, 0.25) is 0 Å². The Morgan fingerprint density at radius 2 is 2.05 bits per heavy atom. The highest BCUT2D eigenvalue weighted by molar-refractivity contribution is 5.29. The summed E-state index contributed by atoms with van der Waals surface area (Å²) in [5.74, 6) is 1.56. The topological polar surface area (TPSA) is 57.4 Å². The number of ether oxygens (including phenoxy) is 2. The molecule has 1 aromatic heterocycles. The molecule has 2 aromatic rings. The number of methoxy groups -OCH3 is 1. The number of pyridine rings is 1. The standard InChI is InChI=1S/C16H20N2O2/c1-3-15(17)16-8-7-14(10-18-16)20-11-12-5-4-6-13(9-12)19-2/h4-10,15H,3,11,17H2,1-2H3. The lowest BCUT2D eigenvalue weighted by molar-refractivity contribution is 0.303. The van der Waals surface area contributed by atoms with Crippen LogP contribution in [-0.4, -0.2) is 12.1 Å². The third-order valence-electron chi connectivity index (χ3n) is 3.12. The second-order valence-electron chi connectivity index (χ2n) is 4.57. The van der Waals surface area contributed by atoms with Gasteiger partial charge in [0.1, 0.15) is 18.1 Å². The van der Waals surface area contributed by atoms with Crippen LogP contribution in [0.1, 0.15) is 30.6 Å². The van der Waals surface area contributed by atoms with Crippen LogP contribution in [0, 0.1) is 0 Å². The maximum absolute atomic E-state index is 5.92. The van der Waals surface area contributed by atoms with Crippen LogP contribution in [0.15, 0.2) is 42.6 Å². The van der Waals surface area contributed by atoms with Crippen molar-refractivity contribution in [3.8, 4) is 11.5 Å². The first-order valence-electron chi connectivity index (χ1n) is 6.70. The van der Waals surface area contributed by atoms with E-state index >= 15 is 0 Å². The van der Waals surface area contributed by atoms with E-state index in [1.54, 1.807) is 13.3 Å². The molecule has 2 N–H and O–H groups in total. The zero-order valence-corrected chi connectivity index (χ0v) is 11.9. The van der Waals surface area contributed by atoms with Gasteiger partial charge in [-0.15, -0.1) is 0 Å². The maximum Gasteiger partial charge on any atom is 0.138 e. The highest BCUT2D eigenvalue weighted by Crippen LogP contribution is 2.18. The molecule has 0 saturated heterocycles. The average Bonchev–Trinajstić information content (AvgIpc) is 2.53. The Morgan fingerprint density at radius 1 is 1.20 bits per heavy atom. The number of aromatic nitrogens is 1. The van der Waals surface area contributed by atoms with Gasteiger partial charge < -0.3 is 15.2 Å². The summed E-state index contributed by atoms with van der Waals surface area (Å²) in [5, 5.41) is 0. The van der Waals surface area contributed by atoms with Crippen molar-refractivity contribution in [3.05, 3.63) is 53.9 Å². The summed E-state index contributed by atoms with van der Waals surface area (Å²) in [6, 6.07) is 11.6. The second-order valence-corrected chi connectivity index (χ2v) is 4.57. The molecule has 0 aliphatic carbocycles. The van der Waals surface area contributed by atoms with Crippen LogP contribution in [0.5, 0.6) is 11.5 Å². The fraction of sp³-hybridized carbons (Fsp3) is 0.312. The van der Waals surface area contributed by atoms with Crippen molar-refractivity contribution in [1.29, 1.82) is 0 Å². The third-order valence-corrected chi connectivity index (χ3v) is 3.12. The van der Waals surface area contributed by atoms with E-state index in [1.165, 1.54) is 0 Å². The number of hydrogen-bond acceptors (Lipinski definition) is 4. The minimum Gasteiger partial charge on any atom is -0.497 e. The number of hydrogen-bond donors (Lipinski definition) is 1. The summed E-state index contributed by atoms with van der Waals surface area (Å²) in [6.45, 7) is 2.53. The summed E-state index contributed by atoms with van der Waals surface area (Å²) in [5.41, 5.74) is 7.87. The molecule has 0 saturated carbocycles. The van der Waals surface area contributed by atoms with Gasteiger partial charge in [-0.3, -0.25) is 4.98 Å². The SMILES string of the molecule is CCC(N)c1ccc(OCc2cccc(OC)c2)cn1. The van der Waals surface area contributed by atoms with Crippen LogP contribution < -0.4 is 15.2 Å². The van der Waals surface area contributed by atoms with Gasteiger partial charge in [0.15, 0.2) is 0 Å². The van der Waals surface area contributed by atoms with Crippen LogP contribution >= 0.6 is 0 Å². The first-order valence-corrected chi connectivity index (χ1v) is 6.70. The largest absolute Gasteiger partial charge is 0.497 e. The predicted octanol–water partition coefficient (Wildman–Crippen LogP) is 3.08. The molecule has 0 radical (unpaired) electrons. The molecule has 1 heterocycles. The Balaban J connectivity index is 1.96. The minimum absolute atomic E-state index is 0.0116. The van der Waals surface area contributed by atoms with E-state index in [0.717, 1.165) is 29.2 Å². The van der Waals surface area contributed by atoms with Gasteiger partial charge in [-0.05, 0) is 36.2 Å². The summed E-state index contributed by atoms with van der Waals surface area (Å²) in [7, 11) is 1.65. The molecule has 20 heavy (non-hydrogen) atoms. The predicted molar refractivity (Wildman–Crippen MR) is 78.8 cm³/mol. The minimum atomic E-state index is -0.0116. The maximum atomic E-state index is 5.92. The first-order chi connectivity index (χ1) is 9.72. The molecule has 1 unspecified atom stereocenters. The van der Waals surface area contributed by atoms with Crippen molar-refractivity contribution in [2.24, 2.45) is 5.73 Å². The highest BCUT2D eigenvalue weighted by atomic mass is 16.5. The zero-order chi connectivity index (χ0) is 14.4. The molecule has 4 nitrogen and oxygen atoms in total. The van der Waals surface area contributed by atoms with Crippen molar-refractivity contribution < 1.29 is 9.47 Å². The lowest BCUT2D eigenvalue weighted by atomic mass is 10.1. The van der Waals surface area contributed by atoms with Crippen molar-refractivity contribution >= 4 is 0 Å². The van der Waals surface area contributed by atoms with Gasteiger partial charge in [-0.1, -0.05) is 19.1 Å². The van der Waals surface area contributed by atoms with Crippen molar-refractivity contribution in [3.63, 3.8) is 0 Å². The van der Waals surface area contributed by atoms with Crippen LogP contribution in [0.3, 0.4) is 0 Å². The van der Waals surface area contributed by atoms with E-state index in [4.69, 9.17) is 15.2 Å². The molecule has 0 aliphatic heterocycles. The quantitative estimate of drug-likeness (QED) is 0.878. The van der Waals surface area contributed by atoms with Gasteiger partial charge in [-0.25, -0.2) is 0 Å². The van der Waals surface area contributed by atoms with Crippen LogP contribution in [0.25, 0.3) is 0 Å². The number of rotatable bonds is 6. The number of benzene rings is 1. The fourth-order valence-corrected chi connectivity index (χ4v) is 1.83. The lowest BCUT2D eigenvalue weighted by Crippen LogP contribution is -2.10. The molecule has 106 valence electrons. The summed E-state index contributed by atoms with van der Waals surface area (Å²) >= 11 is 0. The number of nitrogens with zero attached hydrogens (tertiary/aromatic N) is 1. The van der Waals surface area contributed by atoms with E-state index in [-0.39, 0.29) is 6.04 Å². The Morgan fingerprint density at radius 3 is 2.70 bits per heavy atom. The molecule has 1 atom stereocenters. The Kier molecular flexibility index (Phi) is 4.96. The Labute approximate surface area is 119 Å². The van der Waals surface area contributed by atoms with E-state index in [2.05, 4.69) is 4.98 Å². The highest BCUT2D eigenvalue weighted by Gasteiger charge is 2.05. The summed E-state index contributed by atoms with van der Waals surface area (Å²) < 4.78 is 10.9. The Bertz CT molecular complexity index is 540. The molecule has 1 aromatic carbocycles. The van der Waals surface area contributed by atoms with Crippen LogP contribution in [0.4, 0.5) is 0 Å². The average molecular weight is 272 g/mol. The van der Waals surface area contributed by atoms with E-state index in [9.17, 15) is 0 Å². The van der Waals surface area contributed by atoms with Crippen LogP contribution in [-0.2, 0) is 6.61 Å². The zero-order valence-electron chi connectivity index (χ0n) is 11.9. The van der Waals surface area contributed by atoms with Crippen molar-refractivity contribution in [2.75, 3.05) is 7.11 Å². The smallest absolute Gasteiger partial charge is 0.138 e. The van der Waals surface area contributed by atoms with Crippen molar-refractivity contribution in [1.82, 2.24) is 4.98 Å². The lowest BCUT2D eigenvalue weighted by Gasteiger charge is -2.10. The van der Waals surface area contributed by atoms with Gasteiger partial charge in [0, 0.05) is 6.04 Å². The normalized spacial score (nSPS) is 11.9. The molecule has 0 amide bonds. The van der Waals surface area contributed by atoms with Gasteiger partial charge >= 0.3 is 0 Å². The molecule has 0 aliphatic rings. The fourth-order valence-electron chi connectivity index (χ4n) is 1.83. The van der Waals surface area contributed by atoms with Gasteiger partial charge in [0.25, 0.3) is 0 Å². The second kappa shape index (κ2) is 6.91. The van der Waals surface area contributed by atoms with Gasteiger partial charge in [0.05, 0.1) is 19.0 Å².